The minimum Gasteiger partial charge on any atom is -0.497 e. The molecule has 1 aromatic carbocycles. The molecule has 1 N–H and O–H groups in total. The maximum absolute atomic E-state index is 12.5. The molecule has 0 unspecified atom stereocenters. The van der Waals surface area contributed by atoms with Gasteiger partial charge in [0.05, 0.1) is 7.11 Å². The van der Waals surface area contributed by atoms with Crippen molar-refractivity contribution < 1.29 is 9.53 Å². The van der Waals surface area contributed by atoms with Crippen LogP contribution in [0.2, 0.25) is 0 Å². The zero-order valence-corrected chi connectivity index (χ0v) is 14.1. The van der Waals surface area contributed by atoms with Crippen molar-refractivity contribution in [1.82, 2.24) is 14.9 Å². The van der Waals surface area contributed by atoms with Gasteiger partial charge in [-0.1, -0.05) is 12.1 Å². The number of rotatable bonds is 5. The molecule has 126 valence electrons. The van der Waals surface area contributed by atoms with Crippen LogP contribution in [0.4, 0.5) is 5.95 Å². The Hall–Kier alpha value is -2.63. The molecule has 1 aromatic heterocycles. The summed E-state index contributed by atoms with van der Waals surface area (Å²) in [5, 5.41) is 3.19. The maximum atomic E-state index is 12.5. The number of carbonyl (C=O) groups is 1. The van der Waals surface area contributed by atoms with Crippen LogP contribution < -0.4 is 10.1 Å². The summed E-state index contributed by atoms with van der Waals surface area (Å²) >= 11 is 0. The Morgan fingerprint density at radius 1 is 1.21 bits per heavy atom. The summed E-state index contributed by atoms with van der Waals surface area (Å²) in [7, 11) is 1.65. The fourth-order valence-electron chi connectivity index (χ4n) is 2.76. The van der Waals surface area contributed by atoms with Crippen molar-refractivity contribution in [2.24, 2.45) is 0 Å². The van der Waals surface area contributed by atoms with Crippen molar-refractivity contribution >= 4 is 11.9 Å². The molecule has 0 saturated carbocycles. The third-order valence-corrected chi connectivity index (χ3v) is 4.08. The number of anilines is 1. The summed E-state index contributed by atoms with van der Waals surface area (Å²) < 4.78 is 5.15. The Kier molecular flexibility index (Phi) is 4.93. The molecule has 1 aliphatic heterocycles. The molecule has 2 aromatic rings. The number of amides is 1. The van der Waals surface area contributed by atoms with E-state index in [4.69, 9.17) is 4.74 Å². The predicted molar refractivity (Wildman–Crippen MR) is 92.2 cm³/mol. The lowest BCUT2D eigenvalue weighted by molar-refractivity contribution is 0.0787. The molecule has 1 aliphatic rings. The summed E-state index contributed by atoms with van der Waals surface area (Å²) in [6.07, 6.45) is 2.14. The lowest BCUT2D eigenvalue weighted by atomic mass is 10.2. The Bertz CT molecular complexity index is 709. The van der Waals surface area contributed by atoms with Gasteiger partial charge in [0, 0.05) is 25.3 Å². The van der Waals surface area contributed by atoms with Crippen LogP contribution in [-0.4, -0.2) is 41.0 Å². The van der Waals surface area contributed by atoms with Gasteiger partial charge in [0.25, 0.3) is 5.91 Å². The van der Waals surface area contributed by atoms with Gasteiger partial charge >= 0.3 is 0 Å². The van der Waals surface area contributed by atoms with E-state index >= 15 is 0 Å². The fraction of sp³-hybridized carbons (Fsp3) is 0.389. The van der Waals surface area contributed by atoms with Crippen LogP contribution in [0, 0.1) is 6.92 Å². The molecule has 1 saturated heterocycles. The second-order valence-electron chi connectivity index (χ2n) is 5.92. The Morgan fingerprint density at radius 2 is 1.92 bits per heavy atom. The first kappa shape index (κ1) is 16.2. The molecule has 0 atom stereocenters. The molecule has 6 heteroatoms. The molecule has 3 rings (SSSR count). The van der Waals surface area contributed by atoms with E-state index in [-0.39, 0.29) is 5.91 Å². The van der Waals surface area contributed by atoms with Crippen LogP contribution in [0.15, 0.2) is 30.3 Å². The number of hydrogen-bond donors (Lipinski definition) is 1. The Labute approximate surface area is 141 Å². The first-order valence-corrected chi connectivity index (χ1v) is 8.17. The number of aryl methyl sites for hydroxylation is 1. The summed E-state index contributed by atoms with van der Waals surface area (Å²) in [5.41, 5.74) is 2.33. The number of hydrogen-bond acceptors (Lipinski definition) is 5. The highest BCUT2D eigenvalue weighted by Gasteiger charge is 2.21. The van der Waals surface area contributed by atoms with Gasteiger partial charge in [-0.05, 0) is 43.5 Å². The maximum Gasteiger partial charge on any atom is 0.272 e. The van der Waals surface area contributed by atoms with Gasteiger partial charge in [0.2, 0.25) is 5.95 Å². The summed E-state index contributed by atoms with van der Waals surface area (Å²) in [6.45, 7) is 4.10. The Balaban J connectivity index is 1.69. The van der Waals surface area contributed by atoms with E-state index in [1.54, 1.807) is 13.2 Å². The lowest BCUT2D eigenvalue weighted by Crippen LogP contribution is -2.28. The molecule has 0 spiro atoms. The van der Waals surface area contributed by atoms with Crippen LogP contribution in [0.3, 0.4) is 0 Å². The van der Waals surface area contributed by atoms with E-state index in [1.165, 1.54) is 0 Å². The molecule has 6 nitrogen and oxygen atoms in total. The quantitative estimate of drug-likeness (QED) is 0.915. The van der Waals surface area contributed by atoms with Gasteiger partial charge < -0.3 is 15.0 Å². The van der Waals surface area contributed by atoms with Gasteiger partial charge in [-0.15, -0.1) is 0 Å². The summed E-state index contributed by atoms with van der Waals surface area (Å²) in [6, 6.07) is 9.54. The van der Waals surface area contributed by atoms with Crippen LogP contribution >= 0.6 is 0 Å². The SMILES string of the molecule is COc1ccc(CNc2nc(C)cc(C(=O)N3CCCC3)n2)cc1. The van der Waals surface area contributed by atoms with E-state index in [9.17, 15) is 4.79 Å². The van der Waals surface area contributed by atoms with Crippen molar-refractivity contribution in [3.05, 3.63) is 47.3 Å². The normalized spacial score (nSPS) is 13.8. The van der Waals surface area contributed by atoms with E-state index in [2.05, 4.69) is 15.3 Å². The van der Waals surface area contributed by atoms with Gasteiger partial charge in [0.15, 0.2) is 0 Å². The van der Waals surface area contributed by atoms with E-state index in [0.717, 1.165) is 42.9 Å². The smallest absolute Gasteiger partial charge is 0.272 e. The zero-order valence-electron chi connectivity index (χ0n) is 14.1. The van der Waals surface area contributed by atoms with Gasteiger partial charge in [-0.2, -0.15) is 0 Å². The van der Waals surface area contributed by atoms with E-state index in [1.807, 2.05) is 36.1 Å². The first-order chi connectivity index (χ1) is 11.7. The molecule has 0 bridgehead atoms. The number of likely N-dealkylation sites (tertiary alicyclic amines) is 1. The minimum atomic E-state index is -0.00880. The number of nitrogens with zero attached hydrogens (tertiary/aromatic N) is 3. The van der Waals surface area contributed by atoms with Crippen molar-refractivity contribution in [3.63, 3.8) is 0 Å². The molecule has 1 fully saturated rings. The highest BCUT2D eigenvalue weighted by atomic mass is 16.5. The number of carbonyl (C=O) groups excluding carboxylic acids is 1. The molecule has 2 heterocycles. The summed E-state index contributed by atoms with van der Waals surface area (Å²) in [5.74, 6) is 1.29. The number of aromatic nitrogens is 2. The topological polar surface area (TPSA) is 67.3 Å². The van der Waals surface area contributed by atoms with Gasteiger partial charge in [-0.3, -0.25) is 4.79 Å². The number of methoxy groups -OCH3 is 1. The predicted octanol–water partition coefficient (Wildman–Crippen LogP) is 2.64. The standard InChI is InChI=1S/C18H22N4O2/c1-13-11-16(17(23)22-9-3-4-10-22)21-18(20-13)19-12-14-5-7-15(24-2)8-6-14/h5-8,11H,3-4,9-10,12H2,1-2H3,(H,19,20,21). The van der Waals surface area contributed by atoms with Crippen LogP contribution in [0.5, 0.6) is 5.75 Å². The highest BCUT2D eigenvalue weighted by Crippen LogP contribution is 2.15. The van der Waals surface area contributed by atoms with Gasteiger partial charge in [-0.25, -0.2) is 9.97 Å². The van der Waals surface area contributed by atoms with Crippen molar-refractivity contribution in [3.8, 4) is 5.75 Å². The molecule has 0 aliphatic carbocycles. The largest absolute Gasteiger partial charge is 0.497 e. The van der Waals surface area contributed by atoms with Crippen LogP contribution in [0.25, 0.3) is 0 Å². The second kappa shape index (κ2) is 7.29. The second-order valence-corrected chi connectivity index (χ2v) is 5.92. The number of ether oxygens (including phenoxy) is 1. The minimum absolute atomic E-state index is 0.00880. The van der Waals surface area contributed by atoms with E-state index in [0.29, 0.717) is 18.2 Å². The van der Waals surface area contributed by atoms with Crippen molar-refractivity contribution in [2.75, 3.05) is 25.5 Å². The van der Waals surface area contributed by atoms with Crippen LogP contribution in [-0.2, 0) is 6.54 Å². The van der Waals surface area contributed by atoms with Crippen molar-refractivity contribution in [2.45, 2.75) is 26.3 Å². The first-order valence-electron chi connectivity index (χ1n) is 8.17. The summed E-state index contributed by atoms with van der Waals surface area (Å²) in [4.78, 5) is 23.1. The highest BCUT2D eigenvalue weighted by molar-refractivity contribution is 5.92. The third kappa shape index (κ3) is 3.82. The number of nitrogens with one attached hydrogen (secondary N) is 1. The average molecular weight is 326 g/mol. The van der Waals surface area contributed by atoms with Crippen molar-refractivity contribution in [1.29, 1.82) is 0 Å². The molecule has 24 heavy (non-hydrogen) atoms. The average Bonchev–Trinajstić information content (AvgIpc) is 3.14. The Morgan fingerprint density at radius 3 is 2.58 bits per heavy atom. The third-order valence-electron chi connectivity index (χ3n) is 4.08. The molecule has 1 amide bonds. The van der Waals surface area contributed by atoms with Crippen LogP contribution in [0.1, 0.15) is 34.6 Å². The van der Waals surface area contributed by atoms with E-state index < -0.39 is 0 Å². The molecular weight excluding hydrogens is 304 g/mol. The molecule has 0 radical (unpaired) electrons. The zero-order chi connectivity index (χ0) is 16.9. The lowest BCUT2D eigenvalue weighted by Gasteiger charge is -2.15. The molecular formula is C18H22N4O2. The number of benzene rings is 1. The van der Waals surface area contributed by atoms with Gasteiger partial charge in [0.1, 0.15) is 11.4 Å². The monoisotopic (exact) mass is 326 g/mol. The fourth-order valence-corrected chi connectivity index (χ4v) is 2.76.